The van der Waals surface area contributed by atoms with Crippen LogP contribution in [-0.2, 0) is 16.4 Å². The first kappa shape index (κ1) is 16.5. The number of anilines is 2. The molecule has 0 radical (unpaired) electrons. The van der Waals surface area contributed by atoms with Gasteiger partial charge in [-0.2, -0.15) is 0 Å². The van der Waals surface area contributed by atoms with Crippen LogP contribution in [0, 0.1) is 0 Å². The summed E-state index contributed by atoms with van der Waals surface area (Å²) < 4.78 is 27.8. The van der Waals surface area contributed by atoms with Crippen molar-refractivity contribution < 1.29 is 13.2 Å². The topological polar surface area (TPSA) is 66.5 Å². The molecule has 126 valence electrons. The minimum absolute atomic E-state index is 0.0880. The molecule has 2 aromatic rings. The molecule has 1 aliphatic heterocycles. The predicted molar refractivity (Wildman–Crippen MR) is 95.3 cm³/mol. The SMILES string of the molecule is CC(=O)c1cccc(S(=O)(=O)Nc2ccc3c(c2)CCCN3C)c1. The van der Waals surface area contributed by atoms with Gasteiger partial charge in [-0.15, -0.1) is 0 Å². The van der Waals surface area contributed by atoms with Crippen molar-refractivity contribution >= 4 is 27.2 Å². The third kappa shape index (κ3) is 3.28. The minimum atomic E-state index is -3.73. The van der Waals surface area contributed by atoms with Crippen molar-refractivity contribution in [2.75, 3.05) is 23.2 Å². The van der Waals surface area contributed by atoms with Crippen molar-refractivity contribution in [1.82, 2.24) is 0 Å². The Kier molecular flexibility index (Phi) is 4.32. The van der Waals surface area contributed by atoms with E-state index in [0.717, 1.165) is 30.6 Å². The summed E-state index contributed by atoms with van der Waals surface area (Å²) in [6.07, 6.45) is 2.00. The Labute approximate surface area is 142 Å². The fraction of sp³-hybridized carbons (Fsp3) is 0.278. The first-order valence-corrected chi connectivity index (χ1v) is 9.33. The van der Waals surface area contributed by atoms with Crippen molar-refractivity contribution in [3.8, 4) is 0 Å². The zero-order chi connectivity index (χ0) is 17.3. The monoisotopic (exact) mass is 344 g/mol. The molecule has 0 saturated carbocycles. The van der Waals surface area contributed by atoms with Gasteiger partial charge < -0.3 is 4.90 Å². The predicted octanol–water partition coefficient (Wildman–Crippen LogP) is 3.07. The van der Waals surface area contributed by atoms with E-state index in [1.54, 1.807) is 18.2 Å². The lowest BCUT2D eigenvalue weighted by atomic mass is 10.0. The summed E-state index contributed by atoms with van der Waals surface area (Å²) in [5.74, 6) is -0.163. The Balaban J connectivity index is 1.90. The van der Waals surface area contributed by atoms with Crippen molar-refractivity contribution in [2.45, 2.75) is 24.7 Å². The number of carbonyl (C=O) groups excluding carboxylic acids is 1. The van der Waals surface area contributed by atoms with E-state index >= 15 is 0 Å². The van der Waals surface area contributed by atoms with Crippen LogP contribution in [0.25, 0.3) is 0 Å². The van der Waals surface area contributed by atoms with Gasteiger partial charge in [0.05, 0.1) is 4.90 Å². The zero-order valence-electron chi connectivity index (χ0n) is 13.7. The van der Waals surface area contributed by atoms with Crippen LogP contribution in [0.4, 0.5) is 11.4 Å². The summed E-state index contributed by atoms with van der Waals surface area (Å²) in [7, 11) is -1.69. The number of nitrogens with one attached hydrogen (secondary N) is 1. The molecule has 0 spiro atoms. The number of fused-ring (bicyclic) bond motifs is 1. The van der Waals surface area contributed by atoms with Crippen LogP contribution in [0.1, 0.15) is 29.3 Å². The number of hydrogen-bond acceptors (Lipinski definition) is 4. The molecular formula is C18H20N2O3S. The van der Waals surface area contributed by atoms with Crippen LogP contribution in [-0.4, -0.2) is 27.8 Å². The van der Waals surface area contributed by atoms with Crippen LogP contribution in [0.5, 0.6) is 0 Å². The highest BCUT2D eigenvalue weighted by Gasteiger charge is 2.18. The first-order chi connectivity index (χ1) is 11.4. The normalized spacial score (nSPS) is 14.2. The fourth-order valence-corrected chi connectivity index (χ4v) is 4.04. The van der Waals surface area contributed by atoms with Crippen LogP contribution in [0.3, 0.4) is 0 Å². The van der Waals surface area contributed by atoms with Crippen molar-refractivity contribution in [3.63, 3.8) is 0 Å². The smallest absolute Gasteiger partial charge is 0.261 e. The number of sulfonamides is 1. The maximum Gasteiger partial charge on any atom is 0.261 e. The quantitative estimate of drug-likeness (QED) is 0.866. The van der Waals surface area contributed by atoms with Gasteiger partial charge in [0.25, 0.3) is 10.0 Å². The Morgan fingerprint density at radius 2 is 1.96 bits per heavy atom. The Hall–Kier alpha value is -2.34. The Morgan fingerprint density at radius 3 is 2.71 bits per heavy atom. The summed E-state index contributed by atoms with van der Waals surface area (Å²) in [4.78, 5) is 13.7. The third-order valence-electron chi connectivity index (χ3n) is 4.23. The van der Waals surface area contributed by atoms with Crippen molar-refractivity contribution in [3.05, 3.63) is 53.6 Å². The van der Waals surface area contributed by atoms with Gasteiger partial charge in [0.15, 0.2) is 5.78 Å². The number of aryl methyl sites for hydroxylation is 1. The van der Waals surface area contributed by atoms with Crippen molar-refractivity contribution in [1.29, 1.82) is 0 Å². The standard InChI is InChI=1S/C18H20N2O3S/c1-13(21)14-5-3-7-17(12-14)24(22,23)19-16-8-9-18-15(11-16)6-4-10-20(18)2/h3,5,7-9,11-12,19H,4,6,10H2,1-2H3. The van der Waals surface area contributed by atoms with Crippen LogP contribution in [0.2, 0.25) is 0 Å². The van der Waals surface area contributed by atoms with E-state index in [9.17, 15) is 13.2 Å². The summed E-state index contributed by atoms with van der Waals surface area (Å²) in [5.41, 5.74) is 3.20. The average Bonchev–Trinajstić information content (AvgIpc) is 2.55. The van der Waals surface area contributed by atoms with Crippen LogP contribution >= 0.6 is 0 Å². The number of benzene rings is 2. The Morgan fingerprint density at radius 1 is 1.17 bits per heavy atom. The van der Waals surface area contributed by atoms with E-state index in [1.165, 1.54) is 19.1 Å². The van der Waals surface area contributed by atoms with Crippen LogP contribution < -0.4 is 9.62 Å². The maximum absolute atomic E-state index is 12.6. The van der Waals surface area contributed by atoms with Gasteiger partial charge in [0.2, 0.25) is 0 Å². The molecule has 0 fully saturated rings. The molecule has 0 aromatic heterocycles. The highest BCUT2D eigenvalue weighted by molar-refractivity contribution is 7.92. The molecule has 0 bridgehead atoms. The molecule has 0 unspecified atom stereocenters. The molecule has 1 N–H and O–H groups in total. The van der Waals surface area contributed by atoms with E-state index in [0.29, 0.717) is 11.3 Å². The second-order valence-corrected chi connectivity index (χ2v) is 7.74. The molecule has 0 atom stereocenters. The Bertz CT molecular complexity index is 891. The minimum Gasteiger partial charge on any atom is -0.374 e. The lowest BCUT2D eigenvalue weighted by Gasteiger charge is -2.27. The van der Waals surface area contributed by atoms with Gasteiger partial charge >= 0.3 is 0 Å². The van der Waals surface area contributed by atoms with Gasteiger partial charge in [-0.3, -0.25) is 9.52 Å². The lowest BCUT2D eigenvalue weighted by molar-refractivity contribution is 0.101. The van der Waals surface area contributed by atoms with Gasteiger partial charge in [-0.1, -0.05) is 12.1 Å². The molecule has 2 aromatic carbocycles. The number of nitrogens with zero attached hydrogens (tertiary/aromatic N) is 1. The van der Waals surface area contributed by atoms with Crippen LogP contribution in [0.15, 0.2) is 47.4 Å². The summed E-state index contributed by atoms with van der Waals surface area (Å²) in [5, 5.41) is 0. The molecule has 1 aliphatic rings. The van der Waals surface area contributed by atoms with E-state index in [-0.39, 0.29) is 10.7 Å². The average molecular weight is 344 g/mol. The molecular weight excluding hydrogens is 324 g/mol. The van der Waals surface area contributed by atoms with Gasteiger partial charge in [0.1, 0.15) is 0 Å². The second-order valence-electron chi connectivity index (χ2n) is 6.06. The molecule has 3 rings (SSSR count). The number of carbonyl (C=O) groups is 1. The van der Waals surface area contributed by atoms with E-state index in [1.807, 2.05) is 19.2 Å². The summed E-state index contributed by atoms with van der Waals surface area (Å²) in [6.45, 7) is 2.43. The molecule has 5 nitrogen and oxygen atoms in total. The molecule has 0 aliphatic carbocycles. The molecule has 0 saturated heterocycles. The molecule has 6 heteroatoms. The number of Topliss-reactive ketones (excluding diaryl/α,β-unsaturated/α-hetero) is 1. The summed E-state index contributed by atoms with van der Waals surface area (Å²) >= 11 is 0. The van der Waals surface area contributed by atoms with E-state index in [2.05, 4.69) is 9.62 Å². The van der Waals surface area contributed by atoms with E-state index in [4.69, 9.17) is 0 Å². The van der Waals surface area contributed by atoms with E-state index < -0.39 is 10.0 Å². The zero-order valence-corrected chi connectivity index (χ0v) is 14.6. The summed E-state index contributed by atoms with van der Waals surface area (Å²) in [6, 6.07) is 11.7. The number of ketones is 1. The number of rotatable bonds is 4. The number of hydrogen-bond donors (Lipinski definition) is 1. The first-order valence-electron chi connectivity index (χ1n) is 7.85. The fourth-order valence-electron chi connectivity index (χ4n) is 2.95. The largest absolute Gasteiger partial charge is 0.374 e. The molecule has 1 heterocycles. The lowest BCUT2D eigenvalue weighted by Crippen LogP contribution is -2.24. The van der Waals surface area contributed by atoms with Gasteiger partial charge in [0, 0.05) is 30.5 Å². The maximum atomic E-state index is 12.6. The molecule has 24 heavy (non-hydrogen) atoms. The van der Waals surface area contributed by atoms with Gasteiger partial charge in [-0.25, -0.2) is 8.42 Å². The van der Waals surface area contributed by atoms with Gasteiger partial charge in [-0.05, 0) is 55.7 Å². The highest BCUT2D eigenvalue weighted by atomic mass is 32.2. The second kappa shape index (κ2) is 6.28. The molecule has 0 amide bonds. The highest BCUT2D eigenvalue weighted by Crippen LogP contribution is 2.29. The van der Waals surface area contributed by atoms with Crippen molar-refractivity contribution in [2.24, 2.45) is 0 Å². The third-order valence-corrected chi connectivity index (χ3v) is 5.61.